The van der Waals surface area contributed by atoms with Crippen molar-refractivity contribution in [3.05, 3.63) is 84.3 Å². The van der Waals surface area contributed by atoms with Crippen molar-refractivity contribution in [1.82, 2.24) is 19.9 Å². The highest BCUT2D eigenvalue weighted by molar-refractivity contribution is 5.94. The third-order valence-electron chi connectivity index (χ3n) is 4.32. The first-order chi connectivity index (χ1) is 13.2. The standard InChI is InChI=1S/C21H18N4O2/c1-27-20-11-6-15(12-22-20)13-23-21(26)16-7-9-17(10-8-16)25-14-24-18-4-2-3-5-19(18)25/h2-12,14H,13H2,1H3,(H,23,26). The van der Waals surface area contributed by atoms with Crippen molar-refractivity contribution in [3.63, 3.8) is 0 Å². The number of pyridine rings is 1. The lowest BCUT2D eigenvalue weighted by Gasteiger charge is -2.08. The number of carbonyl (C=O) groups is 1. The molecule has 6 nitrogen and oxygen atoms in total. The maximum atomic E-state index is 12.4. The Kier molecular flexibility index (Phi) is 4.53. The van der Waals surface area contributed by atoms with Gasteiger partial charge in [-0.25, -0.2) is 9.97 Å². The fraction of sp³-hybridized carbons (Fsp3) is 0.0952. The molecule has 0 fully saturated rings. The second-order valence-electron chi connectivity index (χ2n) is 6.04. The third-order valence-corrected chi connectivity index (χ3v) is 4.32. The number of nitrogens with one attached hydrogen (secondary N) is 1. The van der Waals surface area contributed by atoms with Gasteiger partial charge in [0, 0.05) is 30.1 Å². The minimum Gasteiger partial charge on any atom is -0.481 e. The van der Waals surface area contributed by atoms with Crippen molar-refractivity contribution in [1.29, 1.82) is 0 Å². The predicted molar refractivity (Wildman–Crippen MR) is 103 cm³/mol. The number of aromatic nitrogens is 3. The minimum absolute atomic E-state index is 0.132. The maximum absolute atomic E-state index is 12.4. The van der Waals surface area contributed by atoms with Crippen LogP contribution in [-0.2, 0) is 6.54 Å². The molecule has 1 N–H and O–H groups in total. The van der Waals surface area contributed by atoms with Gasteiger partial charge in [-0.3, -0.25) is 9.36 Å². The molecule has 0 aliphatic heterocycles. The van der Waals surface area contributed by atoms with Gasteiger partial charge >= 0.3 is 0 Å². The molecular weight excluding hydrogens is 340 g/mol. The summed E-state index contributed by atoms with van der Waals surface area (Å²) in [7, 11) is 1.57. The van der Waals surface area contributed by atoms with E-state index in [-0.39, 0.29) is 5.91 Å². The molecule has 4 aromatic rings. The highest BCUT2D eigenvalue weighted by Crippen LogP contribution is 2.18. The van der Waals surface area contributed by atoms with E-state index in [9.17, 15) is 4.79 Å². The summed E-state index contributed by atoms with van der Waals surface area (Å²) in [6.07, 6.45) is 3.47. The van der Waals surface area contributed by atoms with Crippen LogP contribution in [0.5, 0.6) is 5.88 Å². The number of methoxy groups -OCH3 is 1. The summed E-state index contributed by atoms with van der Waals surface area (Å²) >= 11 is 0. The molecule has 2 heterocycles. The normalized spacial score (nSPS) is 10.7. The summed E-state index contributed by atoms with van der Waals surface area (Å²) in [5.74, 6) is 0.417. The van der Waals surface area contributed by atoms with E-state index in [4.69, 9.17) is 4.74 Å². The first-order valence-corrected chi connectivity index (χ1v) is 8.54. The van der Waals surface area contributed by atoms with Crippen molar-refractivity contribution >= 4 is 16.9 Å². The van der Waals surface area contributed by atoms with Gasteiger partial charge in [0.2, 0.25) is 5.88 Å². The van der Waals surface area contributed by atoms with Crippen molar-refractivity contribution in [2.45, 2.75) is 6.54 Å². The van der Waals surface area contributed by atoms with E-state index in [2.05, 4.69) is 15.3 Å². The number of amides is 1. The summed E-state index contributed by atoms with van der Waals surface area (Å²) in [4.78, 5) is 20.9. The minimum atomic E-state index is -0.132. The molecule has 134 valence electrons. The molecule has 0 bridgehead atoms. The monoisotopic (exact) mass is 358 g/mol. The van der Waals surface area contributed by atoms with Crippen LogP contribution in [-0.4, -0.2) is 27.6 Å². The predicted octanol–water partition coefficient (Wildman–Crippen LogP) is 3.36. The van der Waals surface area contributed by atoms with Crippen LogP contribution in [0.25, 0.3) is 16.7 Å². The molecule has 1 amide bonds. The SMILES string of the molecule is COc1ccc(CNC(=O)c2ccc(-n3cnc4ccccc43)cc2)cn1. The summed E-state index contributed by atoms with van der Waals surface area (Å²) in [6.45, 7) is 0.406. The average Bonchev–Trinajstić information content (AvgIpc) is 3.16. The van der Waals surface area contributed by atoms with Gasteiger partial charge in [0.15, 0.2) is 0 Å². The van der Waals surface area contributed by atoms with E-state index in [0.717, 1.165) is 22.3 Å². The number of fused-ring (bicyclic) bond motifs is 1. The van der Waals surface area contributed by atoms with Gasteiger partial charge in [-0.05, 0) is 42.0 Å². The van der Waals surface area contributed by atoms with E-state index in [1.807, 2.05) is 59.2 Å². The van der Waals surface area contributed by atoms with Gasteiger partial charge in [-0.1, -0.05) is 18.2 Å². The highest BCUT2D eigenvalue weighted by atomic mass is 16.5. The highest BCUT2D eigenvalue weighted by Gasteiger charge is 2.08. The summed E-state index contributed by atoms with van der Waals surface area (Å²) < 4.78 is 7.03. The van der Waals surface area contributed by atoms with E-state index in [1.165, 1.54) is 0 Å². The second kappa shape index (κ2) is 7.29. The fourth-order valence-electron chi connectivity index (χ4n) is 2.86. The molecule has 0 atom stereocenters. The Bertz CT molecular complexity index is 1070. The smallest absolute Gasteiger partial charge is 0.251 e. The lowest BCUT2D eigenvalue weighted by atomic mass is 10.2. The number of rotatable bonds is 5. The lowest BCUT2D eigenvalue weighted by Crippen LogP contribution is -2.22. The molecule has 0 unspecified atom stereocenters. The molecule has 6 heteroatoms. The first kappa shape index (κ1) is 16.8. The molecule has 2 aromatic heterocycles. The molecule has 0 aliphatic carbocycles. The molecule has 4 rings (SSSR count). The van der Waals surface area contributed by atoms with Gasteiger partial charge in [-0.15, -0.1) is 0 Å². The Balaban J connectivity index is 1.45. The van der Waals surface area contributed by atoms with E-state index in [0.29, 0.717) is 18.0 Å². The molecule has 27 heavy (non-hydrogen) atoms. The number of ether oxygens (including phenoxy) is 1. The topological polar surface area (TPSA) is 69.0 Å². The molecule has 0 radical (unpaired) electrons. The molecule has 0 spiro atoms. The summed E-state index contributed by atoms with van der Waals surface area (Å²) in [6, 6.07) is 19.0. The van der Waals surface area contributed by atoms with Crippen LogP contribution in [0.1, 0.15) is 15.9 Å². The van der Waals surface area contributed by atoms with Crippen molar-refractivity contribution < 1.29 is 9.53 Å². The molecule has 2 aromatic carbocycles. The largest absolute Gasteiger partial charge is 0.481 e. The van der Waals surface area contributed by atoms with Gasteiger partial charge in [0.05, 0.1) is 18.1 Å². The lowest BCUT2D eigenvalue weighted by molar-refractivity contribution is 0.0951. The molecule has 0 saturated heterocycles. The number of hydrogen-bond acceptors (Lipinski definition) is 4. The van der Waals surface area contributed by atoms with Gasteiger partial charge in [0.1, 0.15) is 6.33 Å². The van der Waals surface area contributed by atoms with Crippen molar-refractivity contribution in [2.24, 2.45) is 0 Å². The van der Waals surface area contributed by atoms with Crippen LogP contribution < -0.4 is 10.1 Å². The van der Waals surface area contributed by atoms with Gasteiger partial charge < -0.3 is 10.1 Å². The molecular formula is C21H18N4O2. The Labute approximate surface area is 156 Å². The van der Waals surface area contributed by atoms with Gasteiger partial charge in [0.25, 0.3) is 5.91 Å². The zero-order valence-electron chi connectivity index (χ0n) is 14.8. The molecule has 0 saturated carbocycles. The number of carbonyl (C=O) groups excluding carboxylic acids is 1. The van der Waals surface area contributed by atoms with Crippen LogP contribution in [0.2, 0.25) is 0 Å². The second-order valence-corrected chi connectivity index (χ2v) is 6.04. The number of para-hydroxylation sites is 2. The maximum Gasteiger partial charge on any atom is 0.251 e. The molecule has 0 aliphatic rings. The number of hydrogen-bond donors (Lipinski definition) is 1. The fourth-order valence-corrected chi connectivity index (χ4v) is 2.86. The Morgan fingerprint density at radius 2 is 1.85 bits per heavy atom. The summed E-state index contributed by atoms with van der Waals surface area (Å²) in [5.41, 5.74) is 4.43. The number of benzene rings is 2. The number of imidazole rings is 1. The first-order valence-electron chi connectivity index (χ1n) is 8.54. The van der Waals surface area contributed by atoms with Crippen LogP contribution in [0.4, 0.5) is 0 Å². The average molecular weight is 358 g/mol. The van der Waals surface area contributed by atoms with E-state index >= 15 is 0 Å². The quantitative estimate of drug-likeness (QED) is 0.594. The van der Waals surface area contributed by atoms with E-state index < -0.39 is 0 Å². The zero-order chi connectivity index (χ0) is 18.6. The zero-order valence-corrected chi connectivity index (χ0v) is 14.8. The van der Waals surface area contributed by atoms with Crippen molar-refractivity contribution in [2.75, 3.05) is 7.11 Å². The summed E-state index contributed by atoms with van der Waals surface area (Å²) in [5, 5.41) is 2.90. The Morgan fingerprint density at radius 3 is 2.59 bits per heavy atom. The third kappa shape index (κ3) is 3.50. The van der Waals surface area contributed by atoms with Crippen LogP contribution >= 0.6 is 0 Å². The van der Waals surface area contributed by atoms with Crippen LogP contribution in [0, 0.1) is 0 Å². The number of nitrogens with zero attached hydrogens (tertiary/aromatic N) is 3. The van der Waals surface area contributed by atoms with Crippen molar-refractivity contribution in [3.8, 4) is 11.6 Å². The van der Waals surface area contributed by atoms with E-state index in [1.54, 1.807) is 25.7 Å². The van der Waals surface area contributed by atoms with Gasteiger partial charge in [-0.2, -0.15) is 0 Å². The van der Waals surface area contributed by atoms with Crippen LogP contribution in [0.3, 0.4) is 0 Å². The Morgan fingerprint density at radius 1 is 1.04 bits per heavy atom. The Hall–Kier alpha value is -3.67. The van der Waals surface area contributed by atoms with Crippen LogP contribution in [0.15, 0.2) is 73.2 Å².